The molecule has 42 nitrogen and oxygen atoms in total. The number of esters is 1. The summed E-state index contributed by atoms with van der Waals surface area (Å²) in [6, 6.07) is -10.8. The molecule has 1 aliphatic heterocycles. The molecule has 1 aromatic carbocycles. The zero-order valence-electron chi connectivity index (χ0n) is 71.0. The SMILES string of the molecule is CC[C@H](C)[C@@H]1NC(=O)[C@@H](CCCN=C(N)N)NC(=O)[C@H](CC(C)C)NC(=O)[C@H]([C@H](O)C(C)C)NC(=O)[C@@H](NC(=O)[C@H](CC(C)C)NC(=O)[C@H](N)CC(C)C)[C@@H](c2ccccc2)OC(=O)[C@H](CO)NC(=O)[C@H]([C@H](O)C(=O)NCCOCCN=C(N(C)C)N(C)C)NC(=O)CNC(=O)[C@H]([C@H](C)O)NC1=O.O=C(O)C(F)(F)F.O=C(O)C(F)(F)F.O=C(O)C(F)(F)F. The van der Waals surface area contributed by atoms with Crippen LogP contribution in [0.2, 0.25) is 0 Å². The molecule has 11 amide bonds. The molecular formula is C73H119F9N18O24. The first-order valence-corrected chi connectivity index (χ1v) is 38.5. The first kappa shape index (κ1) is 115. The lowest BCUT2D eigenvalue weighted by Gasteiger charge is -2.34. The summed E-state index contributed by atoms with van der Waals surface area (Å²) < 4.78 is 107. The fraction of sp³-hybridized carbons (Fsp3) is 0.685. The second kappa shape index (κ2) is 55.9. The second-order valence-corrected chi connectivity index (χ2v) is 29.9. The van der Waals surface area contributed by atoms with Gasteiger partial charge in [0.1, 0.15) is 48.3 Å². The normalized spacial score (nSPS) is 21.0. The molecule has 0 saturated carbocycles. The van der Waals surface area contributed by atoms with E-state index in [2.05, 4.69) is 68.5 Å². The van der Waals surface area contributed by atoms with E-state index in [0.29, 0.717) is 5.96 Å². The number of aliphatic imine (C=N–C) groups is 2. The Balaban J connectivity index is 0. The third kappa shape index (κ3) is 44.8. The minimum atomic E-state index is -5.08. The van der Waals surface area contributed by atoms with E-state index in [9.17, 15) is 108 Å². The third-order valence-electron chi connectivity index (χ3n) is 17.0. The average Bonchev–Trinajstić information content (AvgIpc) is 0.811. The quantitative estimate of drug-likeness (QED) is 0.0122. The number of alkyl halides is 9. The summed E-state index contributed by atoms with van der Waals surface area (Å²) in [6.07, 6.45) is -23.4. The van der Waals surface area contributed by atoms with Crippen molar-refractivity contribution in [3.05, 3.63) is 35.9 Å². The van der Waals surface area contributed by atoms with Gasteiger partial charge in [-0.05, 0) is 74.2 Å². The topological polar surface area (TPSA) is 658 Å². The van der Waals surface area contributed by atoms with Crippen LogP contribution in [0.4, 0.5) is 39.5 Å². The number of aliphatic hydroxyl groups excluding tert-OH is 4. The number of halogens is 9. The summed E-state index contributed by atoms with van der Waals surface area (Å²) >= 11 is 0. The monoisotopic (exact) mass is 1800 g/mol. The van der Waals surface area contributed by atoms with Crippen LogP contribution in [0.3, 0.4) is 0 Å². The van der Waals surface area contributed by atoms with Crippen molar-refractivity contribution in [3.8, 4) is 0 Å². The van der Waals surface area contributed by atoms with E-state index in [1.807, 2.05) is 13.8 Å². The molecule has 1 fully saturated rings. The maximum atomic E-state index is 15.5. The van der Waals surface area contributed by atoms with Gasteiger partial charge in [0, 0.05) is 41.3 Å². The number of ether oxygens (including phenoxy) is 2. The summed E-state index contributed by atoms with van der Waals surface area (Å²) in [5.41, 5.74) is 17.4. The van der Waals surface area contributed by atoms with E-state index >= 15 is 9.59 Å². The number of carboxylic acid groups (broad SMARTS) is 3. The molecule has 15 atom stereocenters. The smallest absolute Gasteiger partial charge is 0.475 e. The van der Waals surface area contributed by atoms with Gasteiger partial charge in [-0.1, -0.05) is 106 Å². The van der Waals surface area contributed by atoms with Crippen molar-refractivity contribution in [2.45, 2.75) is 218 Å². The van der Waals surface area contributed by atoms with Gasteiger partial charge >= 0.3 is 42.4 Å². The number of nitrogens with one attached hydrogen (secondary N) is 11. The van der Waals surface area contributed by atoms with Crippen molar-refractivity contribution in [1.29, 1.82) is 0 Å². The second-order valence-electron chi connectivity index (χ2n) is 29.9. The lowest BCUT2D eigenvalue weighted by molar-refractivity contribution is -0.193. The molecule has 24 N–H and O–H groups in total. The Morgan fingerprint density at radius 2 is 1.06 bits per heavy atom. The number of benzene rings is 1. The minimum Gasteiger partial charge on any atom is -0.475 e. The van der Waals surface area contributed by atoms with E-state index < -0.39 is 223 Å². The van der Waals surface area contributed by atoms with Gasteiger partial charge in [-0.25, -0.2) is 19.2 Å². The van der Waals surface area contributed by atoms with Crippen molar-refractivity contribution in [1.82, 2.24) is 68.3 Å². The Bertz CT molecular complexity index is 3620. The molecule has 2 rings (SSSR count). The number of aliphatic hydroxyl groups is 4. The Labute approximate surface area is 708 Å². The summed E-state index contributed by atoms with van der Waals surface area (Å²) in [7, 11) is 7.19. The van der Waals surface area contributed by atoms with E-state index in [4.69, 9.17) is 56.4 Å². The van der Waals surface area contributed by atoms with Gasteiger partial charge in [-0.3, -0.25) is 62.7 Å². The highest BCUT2D eigenvalue weighted by Gasteiger charge is 2.45. The van der Waals surface area contributed by atoms with Gasteiger partial charge in [0.05, 0.1) is 51.2 Å². The van der Waals surface area contributed by atoms with Crippen molar-refractivity contribution in [3.63, 3.8) is 0 Å². The lowest BCUT2D eigenvalue weighted by atomic mass is 9.95. The first-order chi connectivity index (χ1) is 57.1. The highest BCUT2D eigenvalue weighted by atomic mass is 19.4. The molecular weight excluding hydrogens is 1680 g/mol. The molecule has 1 heterocycles. The number of carbonyl (C=O) groups excluding carboxylic acids is 12. The number of aliphatic carboxylic acids is 3. The van der Waals surface area contributed by atoms with E-state index in [-0.39, 0.29) is 94.7 Å². The Kier molecular flexibility index (Phi) is 51.9. The van der Waals surface area contributed by atoms with E-state index in [1.54, 1.807) is 79.5 Å². The van der Waals surface area contributed by atoms with Crippen LogP contribution in [0.1, 0.15) is 126 Å². The highest BCUT2D eigenvalue weighted by Crippen LogP contribution is 2.26. The zero-order valence-corrected chi connectivity index (χ0v) is 71.0. The van der Waals surface area contributed by atoms with Gasteiger partial charge < -0.3 is 131 Å². The van der Waals surface area contributed by atoms with Gasteiger partial charge in [-0.2, -0.15) is 39.5 Å². The number of carboxylic acids is 3. The van der Waals surface area contributed by atoms with Crippen LogP contribution in [0.15, 0.2) is 40.3 Å². The predicted molar refractivity (Wildman–Crippen MR) is 422 cm³/mol. The summed E-state index contributed by atoms with van der Waals surface area (Å²) in [4.78, 5) is 213. The summed E-state index contributed by atoms with van der Waals surface area (Å²) in [5, 5.41) is 93.6. The number of rotatable bonds is 29. The molecule has 1 aliphatic rings. The highest BCUT2D eigenvalue weighted by molar-refractivity contribution is 6.00. The number of carbonyl (C=O) groups is 15. The average molecular weight is 1800 g/mol. The van der Waals surface area contributed by atoms with Crippen LogP contribution in [-0.4, -0.2) is 318 Å². The number of hydrogen-bond donors (Lipinski definition) is 21. The first-order valence-electron chi connectivity index (χ1n) is 38.5. The van der Waals surface area contributed by atoms with E-state index in [1.165, 1.54) is 44.2 Å². The Morgan fingerprint density at radius 1 is 0.581 bits per heavy atom. The molecule has 0 aromatic heterocycles. The fourth-order valence-electron chi connectivity index (χ4n) is 10.6. The largest absolute Gasteiger partial charge is 0.490 e. The van der Waals surface area contributed by atoms with Gasteiger partial charge in [-0.15, -0.1) is 0 Å². The lowest BCUT2D eigenvalue weighted by Crippen LogP contribution is -2.64. The molecule has 0 bridgehead atoms. The molecule has 0 radical (unpaired) electrons. The Morgan fingerprint density at radius 3 is 1.52 bits per heavy atom. The minimum absolute atomic E-state index is 0.0396. The number of hydrogen-bond acceptors (Lipinski definition) is 24. The molecule has 1 aromatic rings. The number of amides is 11. The van der Waals surface area contributed by atoms with Crippen LogP contribution in [0, 0.1) is 29.6 Å². The number of nitrogens with zero attached hydrogens (tertiary/aromatic N) is 4. The summed E-state index contributed by atoms with van der Waals surface area (Å²) in [6.45, 7) is 15.2. The standard InChI is InChI=1S/C67H116N18O18.3C2HF3O2/c1-16-38(10)47-60(96)81-48(39(11)87)59(95)74-32-46(88)79-50(53(90)64(100)71-25-27-102-28-26-73-67(84(12)13)85(14)15)62(98)78-45(33-86)65(101)103-54(40-21-18-17-19-22-40)51(83-58(94)44(31-36(6)7)76-55(91)41(68)29-34(2)3)63(99)82-49(52(89)37(8)9)61(97)77-43(30-35(4)5)57(93)75-42(56(92)80-47)23-20-24-72-66(69)70;3*3-2(4,5)1(6)7/h17-19,21-22,34-39,41-45,47-54,86-87,89-90H,16,20,23-33,68H2,1-15H3,(H,71,100)(H,74,95)(H,75,93)(H,76,91)(H,77,97)(H,78,98)(H,79,88)(H,80,92)(H,81,96)(H,82,99)(H,83,94)(H4,69,70,72);3*(H,6,7)/t38-,39-,41+,42+,43-,44-,45-,47-,48-,49-,50-,51-,52+,53-,54+;;;/m0.../s1. The van der Waals surface area contributed by atoms with Crippen LogP contribution >= 0.6 is 0 Å². The molecule has 1 saturated heterocycles. The Hall–Kier alpha value is -11.1. The molecule has 124 heavy (non-hydrogen) atoms. The van der Waals surface area contributed by atoms with Crippen molar-refractivity contribution in [2.24, 2.45) is 56.8 Å². The summed E-state index contributed by atoms with van der Waals surface area (Å²) in [5.74, 6) is -24.6. The fourth-order valence-corrected chi connectivity index (χ4v) is 10.6. The predicted octanol–water partition coefficient (Wildman–Crippen LogP) is -3.41. The third-order valence-corrected chi connectivity index (χ3v) is 17.0. The van der Waals surface area contributed by atoms with Crippen molar-refractivity contribution in [2.75, 3.05) is 74.2 Å². The maximum Gasteiger partial charge on any atom is 0.490 e. The molecule has 51 heteroatoms. The van der Waals surface area contributed by atoms with Crippen molar-refractivity contribution < 1.29 is 157 Å². The molecule has 0 unspecified atom stereocenters. The molecule has 0 spiro atoms. The molecule has 708 valence electrons. The van der Waals surface area contributed by atoms with Crippen LogP contribution in [0.25, 0.3) is 0 Å². The van der Waals surface area contributed by atoms with Crippen LogP contribution in [0.5, 0.6) is 0 Å². The van der Waals surface area contributed by atoms with Gasteiger partial charge in [0.2, 0.25) is 59.1 Å². The van der Waals surface area contributed by atoms with E-state index in [0.717, 1.165) is 6.92 Å². The van der Waals surface area contributed by atoms with Crippen LogP contribution in [-0.2, 0) is 81.4 Å². The number of nitrogens with two attached hydrogens (primary N) is 3. The maximum absolute atomic E-state index is 15.5. The van der Waals surface area contributed by atoms with Crippen LogP contribution < -0.4 is 75.7 Å². The molecule has 0 aliphatic carbocycles. The van der Waals surface area contributed by atoms with Gasteiger partial charge in [0.15, 0.2) is 30.2 Å². The van der Waals surface area contributed by atoms with Gasteiger partial charge in [0.25, 0.3) is 5.91 Å². The number of guanidine groups is 2. The zero-order chi connectivity index (χ0) is 96.4. The van der Waals surface area contributed by atoms with Crippen molar-refractivity contribution >= 4 is 101 Å². The number of cyclic esters (lactones) is 1.